The largest absolute Gasteiger partial charge is 0.339 e. The fourth-order valence-corrected chi connectivity index (χ4v) is 3.32. The number of aryl methyl sites for hydroxylation is 1. The number of nitrogens with zero attached hydrogens (tertiary/aromatic N) is 2. The molecule has 146 valence electrons. The summed E-state index contributed by atoms with van der Waals surface area (Å²) in [6.45, 7) is 3.73. The molecule has 0 spiro atoms. The molecule has 6 heteroatoms. The zero-order valence-corrected chi connectivity index (χ0v) is 15.9. The Balaban J connectivity index is 1.49. The molecule has 1 heterocycles. The summed E-state index contributed by atoms with van der Waals surface area (Å²) in [5.74, 6) is -1.12. The molecule has 2 aromatic carbocycles. The van der Waals surface area contributed by atoms with Crippen LogP contribution in [-0.4, -0.2) is 53.6 Å². The maximum Gasteiger partial charge on any atom is 0.253 e. The van der Waals surface area contributed by atoms with Crippen LogP contribution in [0.4, 0.5) is 4.39 Å². The van der Waals surface area contributed by atoms with E-state index < -0.39 is 5.82 Å². The van der Waals surface area contributed by atoms with Crippen LogP contribution in [-0.2, 0) is 4.79 Å². The van der Waals surface area contributed by atoms with Crippen molar-refractivity contribution < 1.29 is 18.8 Å². The molecular weight excluding hydrogens is 359 g/mol. The van der Waals surface area contributed by atoms with Crippen LogP contribution < -0.4 is 0 Å². The van der Waals surface area contributed by atoms with Crippen molar-refractivity contribution in [1.29, 1.82) is 0 Å². The van der Waals surface area contributed by atoms with Gasteiger partial charge in [0, 0.05) is 44.6 Å². The van der Waals surface area contributed by atoms with E-state index in [1.165, 1.54) is 18.2 Å². The molecule has 0 unspecified atom stereocenters. The number of ketones is 1. The normalized spacial score (nSPS) is 14.1. The second-order valence-electron chi connectivity index (χ2n) is 6.95. The Kier molecular flexibility index (Phi) is 6.19. The third-order valence-corrected chi connectivity index (χ3v) is 4.92. The standard InChI is InChI=1S/C22H23FN2O3/c1-16-5-4-6-17(15-16)22(28)25-13-11-24(12-14-25)21(27)10-9-20(26)18-7-2-3-8-19(18)23/h2-8,15H,9-14H2,1H3. The van der Waals surface area contributed by atoms with Crippen molar-refractivity contribution in [3.63, 3.8) is 0 Å². The molecule has 0 N–H and O–H groups in total. The van der Waals surface area contributed by atoms with Crippen molar-refractivity contribution in [2.24, 2.45) is 0 Å². The molecule has 0 atom stereocenters. The van der Waals surface area contributed by atoms with Crippen LogP contribution in [0.5, 0.6) is 0 Å². The number of halogens is 1. The average Bonchev–Trinajstić information content (AvgIpc) is 2.71. The van der Waals surface area contributed by atoms with E-state index in [1.807, 2.05) is 25.1 Å². The first-order valence-electron chi connectivity index (χ1n) is 9.37. The van der Waals surface area contributed by atoms with Gasteiger partial charge in [-0.25, -0.2) is 4.39 Å². The number of piperazine rings is 1. The van der Waals surface area contributed by atoms with Gasteiger partial charge in [-0.05, 0) is 31.2 Å². The third kappa shape index (κ3) is 4.63. The van der Waals surface area contributed by atoms with E-state index in [2.05, 4.69) is 0 Å². The molecule has 0 aliphatic carbocycles. The van der Waals surface area contributed by atoms with E-state index in [4.69, 9.17) is 0 Å². The molecule has 1 fully saturated rings. The van der Waals surface area contributed by atoms with Crippen LogP contribution in [0.3, 0.4) is 0 Å². The maximum atomic E-state index is 13.6. The topological polar surface area (TPSA) is 57.7 Å². The first-order valence-corrected chi connectivity index (χ1v) is 9.37. The van der Waals surface area contributed by atoms with Crippen LogP contribution in [0.25, 0.3) is 0 Å². The first kappa shape index (κ1) is 19.7. The summed E-state index contributed by atoms with van der Waals surface area (Å²) in [6.07, 6.45) is 0.0151. The van der Waals surface area contributed by atoms with Gasteiger partial charge in [0.15, 0.2) is 5.78 Å². The fraction of sp³-hybridized carbons (Fsp3) is 0.318. The second kappa shape index (κ2) is 8.78. The smallest absolute Gasteiger partial charge is 0.253 e. The van der Waals surface area contributed by atoms with Gasteiger partial charge < -0.3 is 9.80 Å². The molecule has 2 aromatic rings. The molecule has 2 amide bonds. The predicted molar refractivity (Wildman–Crippen MR) is 104 cm³/mol. The zero-order valence-electron chi connectivity index (χ0n) is 15.9. The van der Waals surface area contributed by atoms with Gasteiger partial charge >= 0.3 is 0 Å². The molecule has 0 aromatic heterocycles. The van der Waals surface area contributed by atoms with Crippen molar-refractivity contribution in [2.75, 3.05) is 26.2 Å². The van der Waals surface area contributed by atoms with Crippen LogP contribution in [0.1, 0.15) is 39.1 Å². The van der Waals surface area contributed by atoms with E-state index in [9.17, 15) is 18.8 Å². The molecule has 1 aliphatic heterocycles. The Morgan fingerprint density at radius 2 is 1.57 bits per heavy atom. The maximum absolute atomic E-state index is 13.6. The SMILES string of the molecule is Cc1cccc(C(=O)N2CCN(C(=O)CCC(=O)c3ccccc3F)CC2)c1. The quantitative estimate of drug-likeness (QED) is 0.747. The van der Waals surface area contributed by atoms with Gasteiger partial charge in [-0.2, -0.15) is 0 Å². The third-order valence-electron chi connectivity index (χ3n) is 4.92. The fourth-order valence-electron chi connectivity index (χ4n) is 3.32. The molecule has 0 radical (unpaired) electrons. The lowest BCUT2D eigenvalue weighted by Gasteiger charge is -2.35. The summed E-state index contributed by atoms with van der Waals surface area (Å²) in [5.41, 5.74) is 1.69. The van der Waals surface area contributed by atoms with Crippen molar-refractivity contribution in [3.05, 3.63) is 71.0 Å². The van der Waals surface area contributed by atoms with Crippen molar-refractivity contribution in [3.8, 4) is 0 Å². The highest BCUT2D eigenvalue weighted by Gasteiger charge is 2.25. The molecule has 1 saturated heterocycles. The van der Waals surface area contributed by atoms with Gasteiger partial charge in [-0.3, -0.25) is 14.4 Å². The first-order chi connectivity index (χ1) is 13.5. The molecule has 0 saturated carbocycles. The van der Waals surface area contributed by atoms with Gasteiger partial charge in [0.05, 0.1) is 5.56 Å². The summed E-state index contributed by atoms with van der Waals surface area (Å²) in [4.78, 5) is 40.5. The monoisotopic (exact) mass is 382 g/mol. The van der Waals surface area contributed by atoms with Crippen LogP contribution >= 0.6 is 0 Å². The minimum Gasteiger partial charge on any atom is -0.339 e. The Morgan fingerprint density at radius 1 is 0.893 bits per heavy atom. The van der Waals surface area contributed by atoms with Crippen LogP contribution in [0.15, 0.2) is 48.5 Å². The van der Waals surface area contributed by atoms with Crippen molar-refractivity contribution in [2.45, 2.75) is 19.8 Å². The number of carbonyl (C=O) groups is 3. The number of carbonyl (C=O) groups excluding carboxylic acids is 3. The van der Waals surface area contributed by atoms with Gasteiger partial charge in [0.2, 0.25) is 5.91 Å². The summed E-state index contributed by atoms with van der Waals surface area (Å²) in [7, 11) is 0. The zero-order chi connectivity index (χ0) is 20.1. The van der Waals surface area contributed by atoms with E-state index in [1.54, 1.807) is 21.9 Å². The van der Waals surface area contributed by atoms with Crippen LogP contribution in [0.2, 0.25) is 0 Å². The van der Waals surface area contributed by atoms with E-state index in [0.717, 1.165) is 5.56 Å². The van der Waals surface area contributed by atoms with Gasteiger partial charge in [0.25, 0.3) is 5.91 Å². The lowest BCUT2D eigenvalue weighted by atomic mass is 10.1. The molecular formula is C22H23FN2O3. The van der Waals surface area contributed by atoms with Gasteiger partial charge in [-0.15, -0.1) is 0 Å². The minimum absolute atomic E-state index is 0.0175. The summed E-state index contributed by atoms with van der Waals surface area (Å²) in [5, 5.41) is 0. The highest BCUT2D eigenvalue weighted by Crippen LogP contribution is 2.14. The molecule has 5 nitrogen and oxygen atoms in total. The summed E-state index contributed by atoms with van der Waals surface area (Å²) < 4.78 is 13.6. The number of hydrogen-bond acceptors (Lipinski definition) is 3. The lowest BCUT2D eigenvalue weighted by Crippen LogP contribution is -2.50. The minimum atomic E-state index is -0.566. The number of amides is 2. The van der Waals surface area contributed by atoms with Crippen LogP contribution in [0, 0.1) is 12.7 Å². The number of rotatable bonds is 5. The summed E-state index contributed by atoms with van der Waals surface area (Å²) >= 11 is 0. The van der Waals surface area contributed by atoms with E-state index in [-0.39, 0.29) is 36.0 Å². The average molecular weight is 382 g/mol. The number of hydrogen-bond donors (Lipinski definition) is 0. The Bertz CT molecular complexity index is 889. The van der Waals surface area contributed by atoms with Gasteiger partial charge in [-0.1, -0.05) is 29.8 Å². The lowest BCUT2D eigenvalue weighted by molar-refractivity contribution is -0.132. The molecule has 28 heavy (non-hydrogen) atoms. The Hall–Kier alpha value is -3.02. The van der Waals surface area contributed by atoms with E-state index in [0.29, 0.717) is 31.7 Å². The Labute approximate surface area is 163 Å². The molecule has 3 rings (SSSR count). The van der Waals surface area contributed by atoms with E-state index >= 15 is 0 Å². The highest BCUT2D eigenvalue weighted by molar-refractivity contribution is 5.98. The van der Waals surface area contributed by atoms with Crippen molar-refractivity contribution in [1.82, 2.24) is 9.80 Å². The second-order valence-corrected chi connectivity index (χ2v) is 6.95. The van der Waals surface area contributed by atoms with Gasteiger partial charge in [0.1, 0.15) is 5.82 Å². The predicted octanol–water partition coefficient (Wildman–Crippen LogP) is 3.08. The number of benzene rings is 2. The van der Waals surface area contributed by atoms with Crippen molar-refractivity contribution >= 4 is 17.6 Å². The number of Topliss-reactive ketones (excluding diaryl/α,β-unsaturated/α-hetero) is 1. The Morgan fingerprint density at radius 3 is 2.25 bits per heavy atom. The summed E-state index contributed by atoms with van der Waals surface area (Å²) in [6, 6.07) is 13.2. The molecule has 0 bridgehead atoms. The molecule has 1 aliphatic rings. The highest BCUT2D eigenvalue weighted by atomic mass is 19.1.